The molecule has 0 unspecified atom stereocenters. The molecule has 0 aliphatic heterocycles. The summed E-state index contributed by atoms with van der Waals surface area (Å²) in [7, 11) is 3.09. The molecule has 186 valence electrons. The SMILES string of the molecule is COc1cc(/C=C/C(=O)N[C@@H](Cc2cccnc2)C(=O)Cc2ccc(C(=O)CO)cc2)cc(OC)c1. The highest BCUT2D eigenvalue weighted by molar-refractivity contribution is 5.98. The summed E-state index contributed by atoms with van der Waals surface area (Å²) in [5, 5.41) is 11.8. The van der Waals surface area contributed by atoms with Gasteiger partial charge in [-0.3, -0.25) is 19.4 Å². The Morgan fingerprint density at radius 2 is 1.69 bits per heavy atom. The van der Waals surface area contributed by atoms with Gasteiger partial charge in [-0.2, -0.15) is 0 Å². The number of hydrogen-bond donors (Lipinski definition) is 2. The summed E-state index contributed by atoms with van der Waals surface area (Å²) < 4.78 is 10.5. The zero-order valence-electron chi connectivity index (χ0n) is 20.1. The van der Waals surface area contributed by atoms with Crippen LogP contribution in [0, 0.1) is 0 Å². The lowest BCUT2D eigenvalue weighted by Crippen LogP contribution is -2.42. The summed E-state index contributed by atoms with van der Waals surface area (Å²) in [4.78, 5) is 41.6. The van der Waals surface area contributed by atoms with Gasteiger partial charge in [0, 0.05) is 42.9 Å². The zero-order valence-corrected chi connectivity index (χ0v) is 20.1. The molecule has 0 spiro atoms. The van der Waals surface area contributed by atoms with Crippen LogP contribution in [0.1, 0.15) is 27.0 Å². The molecule has 1 atom stereocenters. The van der Waals surface area contributed by atoms with E-state index in [1.54, 1.807) is 81.2 Å². The van der Waals surface area contributed by atoms with Crippen LogP contribution in [0.15, 0.2) is 73.1 Å². The van der Waals surface area contributed by atoms with Gasteiger partial charge in [0.15, 0.2) is 11.6 Å². The van der Waals surface area contributed by atoms with E-state index in [2.05, 4.69) is 10.3 Å². The van der Waals surface area contributed by atoms with Gasteiger partial charge < -0.3 is 19.9 Å². The summed E-state index contributed by atoms with van der Waals surface area (Å²) in [6, 6.07) is 14.5. The molecule has 1 heterocycles. The molecule has 1 amide bonds. The van der Waals surface area contributed by atoms with Gasteiger partial charge in [0.25, 0.3) is 0 Å². The van der Waals surface area contributed by atoms with Crippen LogP contribution in [0.2, 0.25) is 0 Å². The van der Waals surface area contributed by atoms with Crippen molar-refractivity contribution in [2.75, 3.05) is 20.8 Å². The van der Waals surface area contributed by atoms with E-state index in [4.69, 9.17) is 14.6 Å². The first-order chi connectivity index (χ1) is 17.4. The van der Waals surface area contributed by atoms with Crippen LogP contribution < -0.4 is 14.8 Å². The van der Waals surface area contributed by atoms with Crippen molar-refractivity contribution in [3.05, 3.63) is 95.3 Å². The van der Waals surface area contributed by atoms with Crippen LogP contribution in [0.4, 0.5) is 0 Å². The number of carbonyl (C=O) groups excluding carboxylic acids is 3. The first kappa shape index (κ1) is 26.3. The predicted molar refractivity (Wildman–Crippen MR) is 135 cm³/mol. The number of carbonyl (C=O) groups is 3. The number of Topliss-reactive ketones (excluding diaryl/α,β-unsaturated/α-hetero) is 2. The van der Waals surface area contributed by atoms with Gasteiger partial charge in [-0.25, -0.2) is 0 Å². The van der Waals surface area contributed by atoms with Crippen molar-refractivity contribution in [3.8, 4) is 11.5 Å². The maximum Gasteiger partial charge on any atom is 0.244 e. The molecule has 0 saturated heterocycles. The molecule has 0 fully saturated rings. The quantitative estimate of drug-likeness (QED) is 0.298. The number of ether oxygens (including phenoxy) is 2. The fourth-order valence-electron chi connectivity index (χ4n) is 3.54. The molecule has 0 aliphatic rings. The van der Waals surface area contributed by atoms with Crippen molar-refractivity contribution in [3.63, 3.8) is 0 Å². The number of nitrogens with zero attached hydrogens (tertiary/aromatic N) is 1. The van der Waals surface area contributed by atoms with Crippen molar-refractivity contribution < 1.29 is 29.0 Å². The Morgan fingerprint density at radius 3 is 2.28 bits per heavy atom. The van der Waals surface area contributed by atoms with E-state index in [9.17, 15) is 14.4 Å². The van der Waals surface area contributed by atoms with E-state index < -0.39 is 24.3 Å². The molecular weight excluding hydrogens is 460 g/mol. The second-order valence-corrected chi connectivity index (χ2v) is 8.03. The lowest BCUT2D eigenvalue weighted by atomic mass is 9.97. The average molecular weight is 489 g/mol. The van der Waals surface area contributed by atoms with Gasteiger partial charge in [-0.15, -0.1) is 0 Å². The number of aromatic nitrogens is 1. The first-order valence-corrected chi connectivity index (χ1v) is 11.3. The van der Waals surface area contributed by atoms with Crippen LogP contribution in [0.3, 0.4) is 0 Å². The van der Waals surface area contributed by atoms with E-state index in [0.717, 1.165) is 5.56 Å². The molecule has 8 heteroatoms. The fourth-order valence-corrected chi connectivity index (χ4v) is 3.54. The molecule has 0 saturated carbocycles. The van der Waals surface area contributed by atoms with E-state index in [-0.39, 0.29) is 18.6 Å². The van der Waals surface area contributed by atoms with E-state index in [1.165, 1.54) is 6.08 Å². The van der Waals surface area contributed by atoms with Gasteiger partial charge in [-0.05, 0) is 41.0 Å². The number of amides is 1. The monoisotopic (exact) mass is 488 g/mol. The smallest absolute Gasteiger partial charge is 0.244 e. The number of rotatable bonds is 12. The molecule has 2 aromatic carbocycles. The molecule has 1 aromatic heterocycles. The molecule has 0 radical (unpaired) electrons. The minimum Gasteiger partial charge on any atom is -0.497 e. The van der Waals surface area contributed by atoms with E-state index in [1.807, 2.05) is 6.07 Å². The van der Waals surface area contributed by atoms with E-state index >= 15 is 0 Å². The Bertz CT molecular complexity index is 1200. The average Bonchev–Trinajstić information content (AvgIpc) is 2.91. The Hall–Kier alpha value is -4.30. The Balaban J connectivity index is 1.74. The molecule has 3 rings (SSSR count). The zero-order chi connectivity index (χ0) is 25.9. The summed E-state index contributed by atoms with van der Waals surface area (Å²) in [5.74, 6) is 0.166. The number of methoxy groups -OCH3 is 2. The number of hydrogen-bond acceptors (Lipinski definition) is 7. The molecule has 3 aromatic rings. The fraction of sp³-hybridized carbons (Fsp3) is 0.214. The van der Waals surface area contributed by atoms with Crippen LogP contribution >= 0.6 is 0 Å². The van der Waals surface area contributed by atoms with Crippen molar-refractivity contribution in [1.29, 1.82) is 0 Å². The van der Waals surface area contributed by atoms with Gasteiger partial charge in [0.1, 0.15) is 18.1 Å². The topological polar surface area (TPSA) is 115 Å². The number of ketones is 2. The van der Waals surface area contributed by atoms with Crippen LogP contribution in [0.5, 0.6) is 11.5 Å². The second kappa shape index (κ2) is 13.0. The molecule has 2 N–H and O–H groups in total. The highest BCUT2D eigenvalue weighted by Gasteiger charge is 2.21. The van der Waals surface area contributed by atoms with Crippen LogP contribution in [-0.4, -0.2) is 54.4 Å². The van der Waals surface area contributed by atoms with Gasteiger partial charge in [0.05, 0.1) is 20.3 Å². The number of nitrogens with one attached hydrogen (secondary N) is 1. The van der Waals surface area contributed by atoms with E-state index in [0.29, 0.717) is 28.2 Å². The van der Waals surface area contributed by atoms with Gasteiger partial charge >= 0.3 is 0 Å². The van der Waals surface area contributed by atoms with Crippen molar-refractivity contribution in [2.45, 2.75) is 18.9 Å². The van der Waals surface area contributed by atoms with Crippen molar-refractivity contribution in [1.82, 2.24) is 10.3 Å². The summed E-state index contributed by atoms with van der Waals surface area (Å²) in [6.07, 6.45) is 6.60. The minimum atomic E-state index is -0.787. The number of aliphatic hydroxyl groups is 1. The third kappa shape index (κ3) is 7.61. The van der Waals surface area contributed by atoms with Crippen molar-refractivity contribution >= 4 is 23.5 Å². The van der Waals surface area contributed by atoms with Crippen molar-refractivity contribution in [2.24, 2.45) is 0 Å². The predicted octanol–water partition coefficient (Wildman–Crippen LogP) is 2.83. The maximum absolute atomic E-state index is 13.2. The highest BCUT2D eigenvalue weighted by Crippen LogP contribution is 2.23. The largest absolute Gasteiger partial charge is 0.497 e. The standard InChI is InChI=1S/C28H28N2O6/c1-35-23-12-20(13-24(16-23)36-2)7-10-28(34)30-25(14-21-4-3-11-29-17-21)26(32)15-19-5-8-22(9-6-19)27(33)18-31/h3-13,16-17,25,31H,14-15,18H2,1-2H3,(H,30,34)/b10-7+/t25-/m0/s1. The first-order valence-electron chi connectivity index (χ1n) is 11.3. The maximum atomic E-state index is 13.2. The molecule has 8 nitrogen and oxygen atoms in total. The third-order valence-electron chi connectivity index (χ3n) is 5.47. The van der Waals surface area contributed by atoms with Gasteiger partial charge in [-0.1, -0.05) is 30.3 Å². The molecular formula is C28H28N2O6. The summed E-state index contributed by atoms with van der Waals surface area (Å²) in [5.41, 5.74) is 2.57. The second-order valence-electron chi connectivity index (χ2n) is 8.03. The molecule has 0 aliphatic carbocycles. The number of aliphatic hydroxyl groups excluding tert-OH is 1. The molecule has 36 heavy (non-hydrogen) atoms. The third-order valence-corrected chi connectivity index (χ3v) is 5.47. The lowest BCUT2D eigenvalue weighted by Gasteiger charge is -2.17. The lowest BCUT2D eigenvalue weighted by molar-refractivity contribution is -0.125. The Labute approximate surface area is 209 Å². The molecule has 0 bridgehead atoms. The highest BCUT2D eigenvalue weighted by atomic mass is 16.5. The van der Waals surface area contributed by atoms with Crippen LogP contribution in [0.25, 0.3) is 6.08 Å². The number of benzene rings is 2. The summed E-state index contributed by atoms with van der Waals surface area (Å²) in [6.45, 7) is -0.576. The normalized spacial score (nSPS) is 11.6. The Kier molecular flexibility index (Phi) is 9.48. The van der Waals surface area contributed by atoms with Crippen LogP contribution in [-0.2, 0) is 22.4 Å². The van der Waals surface area contributed by atoms with Gasteiger partial charge in [0.2, 0.25) is 5.91 Å². The summed E-state index contributed by atoms with van der Waals surface area (Å²) >= 11 is 0. The number of pyridine rings is 1. The Morgan fingerprint density at radius 1 is 1.00 bits per heavy atom. The minimum absolute atomic E-state index is 0.0651.